The summed E-state index contributed by atoms with van der Waals surface area (Å²) >= 11 is 0. The lowest BCUT2D eigenvalue weighted by molar-refractivity contribution is -0.121. The number of amides is 1. The number of carbonyl (C=O) groups is 1. The summed E-state index contributed by atoms with van der Waals surface area (Å²) in [6.45, 7) is 2.06. The van der Waals surface area contributed by atoms with Gasteiger partial charge < -0.3 is 20.5 Å². The standard InChI is InChI=1S/C20H24N4O2/c1-12(21)13-2-4-14(5-3-13)20(25)24-17-6-8-22-19-16(17)10-18(23-19)15-7-9-26-11-15/h6-14H,2-5,21H2,1H3,(H2,22,23,24,25). The Hall–Kier alpha value is -2.60. The lowest BCUT2D eigenvalue weighted by Crippen LogP contribution is -2.33. The third-order valence-electron chi connectivity index (χ3n) is 5.51. The number of H-pyrrole nitrogens is 1. The Morgan fingerprint density at radius 2 is 2.15 bits per heavy atom. The average molecular weight is 352 g/mol. The molecule has 0 saturated heterocycles. The van der Waals surface area contributed by atoms with E-state index in [1.54, 1.807) is 18.7 Å². The number of aromatic nitrogens is 2. The van der Waals surface area contributed by atoms with Gasteiger partial charge in [0.05, 0.1) is 23.9 Å². The first-order chi connectivity index (χ1) is 12.6. The van der Waals surface area contributed by atoms with Crippen LogP contribution >= 0.6 is 0 Å². The predicted octanol–water partition coefficient (Wildman–Crippen LogP) is 3.92. The molecule has 6 heteroatoms. The molecule has 1 amide bonds. The number of pyridine rings is 1. The minimum Gasteiger partial charge on any atom is -0.472 e. The Balaban J connectivity index is 1.51. The zero-order chi connectivity index (χ0) is 18.1. The molecule has 3 aromatic heterocycles. The van der Waals surface area contributed by atoms with Gasteiger partial charge in [-0.3, -0.25) is 4.79 Å². The highest BCUT2D eigenvalue weighted by Gasteiger charge is 2.28. The van der Waals surface area contributed by atoms with Crippen molar-refractivity contribution >= 4 is 22.6 Å². The number of fused-ring (bicyclic) bond motifs is 1. The van der Waals surface area contributed by atoms with Crippen LogP contribution in [0.4, 0.5) is 5.69 Å². The summed E-state index contributed by atoms with van der Waals surface area (Å²) in [4.78, 5) is 20.4. The molecule has 3 heterocycles. The van der Waals surface area contributed by atoms with E-state index in [9.17, 15) is 4.79 Å². The van der Waals surface area contributed by atoms with Crippen LogP contribution in [0.5, 0.6) is 0 Å². The summed E-state index contributed by atoms with van der Waals surface area (Å²) < 4.78 is 5.15. The van der Waals surface area contributed by atoms with E-state index >= 15 is 0 Å². The van der Waals surface area contributed by atoms with E-state index < -0.39 is 0 Å². The van der Waals surface area contributed by atoms with Gasteiger partial charge in [-0.15, -0.1) is 0 Å². The lowest BCUT2D eigenvalue weighted by Gasteiger charge is -2.30. The topological polar surface area (TPSA) is 96.9 Å². The summed E-state index contributed by atoms with van der Waals surface area (Å²) in [5, 5.41) is 4.01. The number of furan rings is 1. The fraction of sp³-hybridized carbons (Fsp3) is 0.400. The molecule has 1 aliphatic rings. The van der Waals surface area contributed by atoms with E-state index in [2.05, 4.69) is 22.2 Å². The number of aromatic amines is 1. The first kappa shape index (κ1) is 16.8. The molecule has 0 aliphatic heterocycles. The van der Waals surface area contributed by atoms with Crippen LogP contribution in [-0.4, -0.2) is 21.9 Å². The maximum absolute atomic E-state index is 12.7. The van der Waals surface area contributed by atoms with Crippen molar-refractivity contribution in [3.63, 3.8) is 0 Å². The lowest BCUT2D eigenvalue weighted by atomic mass is 9.79. The minimum absolute atomic E-state index is 0.0560. The molecular weight excluding hydrogens is 328 g/mol. The monoisotopic (exact) mass is 352 g/mol. The smallest absolute Gasteiger partial charge is 0.227 e. The zero-order valence-electron chi connectivity index (χ0n) is 14.9. The molecule has 1 aliphatic carbocycles. The van der Waals surface area contributed by atoms with Gasteiger partial charge in [-0.25, -0.2) is 4.98 Å². The van der Waals surface area contributed by atoms with Crippen molar-refractivity contribution in [1.82, 2.24) is 9.97 Å². The third kappa shape index (κ3) is 3.24. The van der Waals surface area contributed by atoms with Gasteiger partial charge >= 0.3 is 0 Å². The highest BCUT2D eigenvalue weighted by molar-refractivity contribution is 6.02. The molecule has 6 nitrogen and oxygen atoms in total. The minimum atomic E-state index is 0.0560. The van der Waals surface area contributed by atoms with E-state index in [1.807, 2.05) is 18.2 Å². The van der Waals surface area contributed by atoms with Crippen molar-refractivity contribution in [2.24, 2.45) is 17.6 Å². The molecule has 0 aromatic carbocycles. The average Bonchev–Trinajstić information content (AvgIpc) is 3.31. The fourth-order valence-corrected chi connectivity index (χ4v) is 3.85. The Morgan fingerprint density at radius 1 is 1.35 bits per heavy atom. The van der Waals surface area contributed by atoms with Crippen molar-refractivity contribution in [3.8, 4) is 11.3 Å². The third-order valence-corrected chi connectivity index (χ3v) is 5.51. The number of nitrogens with two attached hydrogens (primary N) is 1. The zero-order valence-corrected chi connectivity index (χ0v) is 14.9. The summed E-state index contributed by atoms with van der Waals surface area (Å²) in [5.74, 6) is 0.682. The second kappa shape index (κ2) is 6.96. The van der Waals surface area contributed by atoms with Crippen LogP contribution in [0.25, 0.3) is 22.3 Å². The van der Waals surface area contributed by atoms with E-state index in [4.69, 9.17) is 10.2 Å². The summed E-state index contributed by atoms with van der Waals surface area (Å²) in [5.41, 5.74) is 9.41. The van der Waals surface area contributed by atoms with Crippen molar-refractivity contribution < 1.29 is 9.21 Å². The largest absolute Gasteiger partial charge is 0.472 e. The van der Waals surface area contributed by atoms with Gasteiger partial charge in [0.15, 0.2) is 0 Å². The number of anilines is 1. The fourth-order valence-electron chi connectivity index (χ4n) is 3.85. The van der Waals surface area contributed by atoms with Gasteiger partial charge in [-0.05, 0) is 56.7 Å². The van der Waals surface area contributed by atoms with E-state index in [0.717, 1.165) is 53.7 Å². The van der Waals surface area contributed by atoms with E-state index in [1.165, 1.54) is 0 Å². The van der Waals surface area contributed by atoms with Gasteiger partial charge in [-0.2, -0.15) is 0 Å². The molecule has 0 bridgehead atoms. The Bertz CT molecular complexity index is 890. The number of nitrogens with one attached hydrogen (secondary N) is 2. The Labute approximate surface area is 152 Å². The molecule has 4 N–H and O–H groups in total. The summed E-state index contributed by atoms with van der Waals surface area (Å²) in [6, 6.07) is 5.94. The van der Waals surface area contributed by atoms with Gasteiger partial charge in [0, 0.05) is 29.1 Å². The number of hydrogen-bond donors (Lipinski definition) is 3. The Morgan fingerprint density at radius 3 is 2.85 bits per heavy atom. The van der Waals surface area contributed by atoms with Crippen LogP contribution in [0, 0.1) is 11.8 Å². The highest BCUT2D eigenvalue weighted by Crippen LogP contribution is 2.32. The first-order valence-electron chi connectivity index (χ1n) is 9.18. The van der Waals surface area contributed by atoms with Crippen LogP contribution in [0.15, 0.2) is 41.3 Å². The number of carbonyl (C=O) groups excluding carboxylic acids is 1. The molecule has 1 unspecified atom stereocenters. The van der Waals surface area contributed by atoms with Crippen LogP contribution in [-0.2, 0) is 4.79 Å². The molecule has 0 radical (unpaired) electrons. The molecule has 26 heavy (non-hydrogen) atoms. The second-order valence-electron chi connectivity index (χ2n) is 7.28. The van der Waals surface area contributed by atoms with Crippen molar-refractivity contribution in [2.45, 2.75) is 38.6 Å². The number of rotatable bonds is 4. The molecule has 4 rings (SSSR count). The number of hydrogen-bond acceptors (Lipinski definition) is 4. The van der Waals surface area contributed by atoms with Crippen LogP contribution in [0.3, 0.4) is 0 Å². The molecule has 3 aromatic rings. The maximum Gasteiger partial charge on any atom is 0.227 e. The van der Waals surface area contributed by atoms with Crippen LogP contribution in [0.1, 0.15) is 32.6 Å². The van der Waals surface area contributed by atoms with Gasteiger partial charge in [-0.1, -0.05) is 0 Å². The molecule has 1 fully saturated rings. The highest BCUT2D eigenvalue weighted by atomic mass is 16.3. The Kier molecular flexibility index (Phi) is 4.51. The molecular formula is C20H24N4O2. The molecule has 136 valence electrons. The van der Waals surface area contributed by atoms with Gasteiger partial charge in [0.1, 0.15) is 5.65 Å². The van der Waals surface area contributed by atoms with Gasteiger partial charge in [0.2, 0.25) is 5.91 Å². The predicted molar refractivity (Wildman–Crippen MR) is 102 cm³/mol. The molecule has 0 spiro atoms. The van der Waals surface area contributed by atoms with Gasteiger partial charge in [0.25, 0.3) is 0 Å². The second-order valence-corrected chi connectivity index (χ2v) is 7.28. The normalized spacial score (nSPS) is 21.6. The summed E-state index contributed by atoms with van der Waals surface area (Å²) in [7, 11) is 0. The molecule has 1 atom stereocenters. The molecule has 1 saturated carbocycles. The van der Waals surface area contributed by atoms with Crippen molar-refractivity contribution in [3.05, 3.63) is 36.9 Å². The number of nitrogens with zero attached hydrogens (tertiary/aromatic N) is 1. The maximum atomic E-state index is 12.7. The first-order valence-corrected chi connectivity index (χ1v) is 9.18. The van der Waals surface area contributed by atoms with Crippen molar-refractivity contribution in [2.75, 3.05) is 5.32 Å². The van der Waals surface area contributed by atoms with Crippen molar-refractivity contribution in [1.29, 1.82) is 0 Å². The SMILES string of the molecule is CC(N)C1CCC(C(=O)Nc2ccnc3[nH]c(-c4ccoc4)cc23)CC1. The van der Waals surface area contributed by atoms with E-state index in [0.29, 0.717) is 5.92 Å². The van der Waals surface area contributed by atoms with Crippen LogP contribution in [0.2, 0.25) is 0 Å². The van der Waals surface area contributed by atoms with Crippen LogP contribution < -0.4 is 11.1 Å². The van der Waals surface area contributed by atoms with E-state index in [-0.39, 0.29) is 17.9 Å². The quantitative estimate of drug-likeness (QED) is 0.663. The summed E-state index contributed by atoms with van der Waals surface area (Å²) in [6.07, 6.45) is 8.88.